The first-order chi connectivity index (χ1) is 7.68. The third kappa shape index (κ3) is 2.50. The molecule has 0 saturated heterocycles. The van der Waals surface area contributed by atoms with Gasteiger partial charge in [-0.25, -0.2) is 0 Å². The molecular formula is C10H9F3O4. The maximum Gasteiger partial charge on any atom is 0.422 e. The number of aliphatic carboxylic acids is 1. The van der Waals surface area contributed by atoms with Gasteiger partial charge in [0.1, 0.15) is 5.75 Å². The van der Waals surface area contributed by atoms with Gasteiger partial charge in [-0.1, -0.05) is 18.2 Å². The van der Waals surface area contributed by atoms with Crippen molar-refractivity contribution in [2.45, 2.75) is 18.2 Å². The molecule has 4 nitrogen and oxygen atoms in total. The Balaban J connectivity index is 3.35. The average molecular weight is 250 g/mol. The van der Waals surface area contributed by atoms with Gasteiger partial charge in [0.15, 0.2) is 5.60 Å². The smallest absolute Gasteiger partial charge is 0.422 e. The van der Waals surface area contributed by atoms with E-state index in [1.807, 2.05) is 0 Å². The molecule has 0 saturated carbocycles. The number of halogens is 3. The number of aliphatic hydroxyl groups is 1. The molecule has 0 aromatic heterocycles. The molecule has 0 bridgehead atoms. The van der Waals surface area contributed by atoms with Gasteiger partial charge in [-0.15, -0.1) is 0 Å². The van der Waals surface area contributed by atoms with Crippen LogP contribution in [0.15, 0.2) is 24.3 Å². The van der Waals surface area contributed by atoms with Crippen LogP contribution in [-0.2, 0) is 10.4 Å². The summed E-state index contributed by atoms with van der Waals surface area (Å²) in [4.78, 5) is 10.4. The van der Waals surface area contributed by atoms with Crippen LogP contribution in [0.25, 0.3) is 0 Å². The zero-order valence-corrected chi connectivity index (χ0v) is 8.40. The lowest BCUT2D eigenvalue weighted by Gasteiger charge is -2.29. The minimum absolute atomic E-state index is 0.812. The lowest BCUT2D eigenvalue weighted by atomic mass is 9.89. The number of benzene rings is 1. The fourth-order valence-electron chi connectivity index (χ4n) is 1.39. The van der Waals surface area contributed by atoms with E-state index >= 15 is 0 Å². The van der Waals surface area contributed by atoms with Crippen LogP contribution in [0, 0.1) is 0 Å². The molecule has 0 amide bonds. The number of hydrogen-bond acceptors (Lipinski definition) is 3. The number of phenolic OH excluding ortho intramolecular Hbond substituents is 1. The Labute approximate surface area is 93.9 Å². The lowest BCUT2D eigenvalue weighted by Crippen LogP contribution is -2.44. The Morgan fingerprint density at radius 3 is 2.18 bits per heavy atom. The van der Waals surface area contributed by atoms with Gasteiger partial charge < -0.3 is 15.3 Å². The van der Waals surface area contributed by atoms with E-state index in [1.54, 1.807) is 0 Å². The van der Waals surface area contributed by atoms with Crippen molar-refractivity contribution < 1.29 is 33.3 Å². The molecule has 0 aliphatic carbocycles. The monoisotopic (exact) mass is 250 g/mol. The van der Waals surface area contributed by atoms with Crippen molar-refractivity contribution in [3.8, 4) is 5.75 Å². The van der Waals surface area contributed by atoms with Crippen LogP contribution < -0.4 is 0 Å². The van der Waals surface area contributed by atoms with Crippen molar-refractivity contribution >= 4 is 5.97 Å². The van der Waals surface area contributed by atoms with Gasteiger partial charge in [0.25, 0.3) is 0 Å². The highest BCUT2D eigenvalue weighted by atomic mass is 19.4. The highest BCUT2D eigenvalue weighted by Gasteiger charge is 2.57. The number of carbonyl (C=O) groups is 1. The second kappa shape index (κ2) is 4.25. The summed E-state index contributed by atoms with van der Waals surface area (Å²) in [7, 11) is 0. The Bertz CT molecular complexity index is 430. The third-order valence-electron chi connectivity index (χ3n) is 2.23. The Morgan fingerprint density at radius 2 is 1.76 bits per heavy atom. The van der Waals surface area contributed by atoms with Crippen molar-refractivity contribution in [2.24, 2.45) is 0 Å². The Morgan fingerprint density at radius 1 is 1.24 bits per heavy atom. The summed E-state index contributed by atoms with van der Waals surface area (Å²) in [5.41, 5.74) is -4.49. The maximum atomic E-state index is 12.7. The molecule has 3 N–H and O–H groups in total. The zero-order chi connectivity index (χ0) is 13.3. The fourth-order valence-corrected chi connectivity index (χ4v) is 1.39. The van der Waals surface area contributed by atoms with Crippen LogP contribution in [0.1, 0.15) is 12.0 Å². The largest absolute Gasteiger partial charge is 0.508 e. The molecule has 0 radical (unpaired) electrons. The molecular weight excluding hydrogens is 241 g/mol. The highest BCUT2D eigenvalue weighted by Crippen LogP contribution is 2.44. The molecule has 1 atom stereocenters. The Hall–Kier alpha value is -1.76. The first-order valence-corrected chi connectivity index (χ1v) is 4.48. The fraction of sp³-hybridized carbons (Fsp3) is 0.300. The number of phenols is 1. The van der Waals surface area contributed by atoms with Crippen LogP contribution in [0.3, 0.4) is 0 Å². The van der Waals surface area contributed by atoms with Crippen molar-refractivity contribution in [3.05, 3.63) is 29.8 Å². The lowest BCUT2D eigenvalue weighted by molar-refractivity contribution is -0.269. The molecule has 94 valence electrons. The third-order valence-corrected chi connectivity index (χ3v) is 2.23. The minimum Gasteiger partial charge on any atom is -0.508 e. The van der Waals surface area contributed by atoms with Crippen molar-refractivity contribution in [2.75, 3.05) is 0 Å². The SMILES string of the molecule is O=C(O)CC(O)(c1ccccc1O)C(F)(F)F. The van der Waals surface area contributed by atoms with E-state index in [0.717, 1.165) is 18.2 Å². The molecule has 17 heavy (non-hydrogen) atoms. The molecule has 1 aromatic carbocycles. The van der Waals surface area contributed by atoms with Crippen molar-refractivity contribution in [1.82, 2.24) is 0 Å². The summed E-state index contributed by atoms with van der Waals surface area (Å²) in [6.45, 7) is 0. The molecule has 0 spiro atoms. The van der Waals surface area contributed by atoms with Gasteiger partial charge in [0, 0.05) is 5.56 Å². The molecule has 0 heterocycles. The van der Waals surface area contributed by atoms with E-state index in [1.165, 1.54) is 6.07 Å². The molecule has 7 heteroatoms. The maximum absolute atomic E-state index is 12.7. The standard InChI is InChI=1S/C10H9F3O4/c11-10(12,13)9(17,5-8(15)16)6-3-1-2-4-7(6)14/h1-4,14,17H,5H2,(H,15,16). The van der Waals surface area contributed by atoms with Gasteiger partial charge in [-0.3, -0.25) is 4.79 Å². The number of carboxylic acids is 1. The quantitative estimate of drug-likeness (QED) is 0.761. The predicted octanol–water partition coefficient (Wildman–Crippen LogP) is 1.62. The van der Waals surface area contributed by atoms with Crippen LogP contribution in [-0.4, -0.2) is 27.5 Å². The molecule has 0 aliphatic heterocycles. The molecule has 1 rings (SSSR count). The predicted molar refractivity (Wildman–Crippen MR) is 50.3 cm³/mol. The van der Waals surface area contributed by atoms with Crippen molar-refractivity contribution in [1.29, 1.82) is 0 Å². The van der Waals surface area contributed by atoms with E-state index in [2.05, 4.69) is 0 Å². The number of para-hydroxylation sites is 1. The number of hydrogen-bond donors (Lipinski definition) is 3. The van der Waals surface area contributed by atoms with Gasteiger partial charge in [0.2, 0.25) is 0 Å². The van der Waals surface area contributed by atoms with Crippen molar-refractivity contribution in [3.63, 3.8) is 0 Å². The summed E-state index contributed by atoms with van der Waals surface area (Å²) in [5.74, 6) is -2.64. The topological polar surface area (TPSA) is 77.8 Å². The summed E-state index contributed by atoms with van der Waals surface area (Å²) in [5, 5.41) is 27.2. The average Bonchev–Trinajstić information content (AvgIpc) is 2.15. The second-order valence-electron chi connectivity index (χ2n) is 3.45. The van der Waals surface area contributed by atoms with Gasteiger partial charge >= 0.3 is 12.1 Å². The van der Waals surface area contributed by atoms with E-state index in [9.17, 15) is 28.2 Å². The van der Waals surface area contributed by atoms with Crippen LogP contribution in [0.2, 0.25) is 0 Å². The van der Waals surface area contributed by atoms with E-state index < -0.39 is 35.5 Å². The highest BCUT2D eigenvalue weighted by molar-refractivity contribution is 5.69. The summed E-state index contributed by atoms with van der Waals surface area (Å²) < 4.78 is 38.1. The second-order valence-corrected chi connectivity index (χ2v) is 3.45. The summed E-state index contributed by atoms with van der Waals surface area (Å²) >= 11 is 0. The zero-order valence-electron chi connectivity index (χ0n) is 8.40. The van der Waals surface area contributed by atoms with E-state index in [0.29, 0.717) is 0 Å². The normalized spacial score (nSPS) is 15.3. The molecule has 1 unspecified atom stereocenters. The number of aromatic hydroxyl groups is 1. The first kappa shape index (κ1) is 13.3. The number of alkyl halides is 3. The summed E-state index contributed by atoms with van der Waals surface area (Å²) in [6.07, 6.45) is -6.78. The number of rotatable bonds is 3. The summed E-state index contributed by atoms with van der Waals surface area (Å²) in [6, 6.07) is 4.18. The van der Waals surface area contributed by atoms with Gasteiger partial charge in [-0.2, -0.15) is 13.2 Å². The molecule has 0 fully saturated rings. The number of carboxylic acid groups (broad SMARTS) is 1. The molecule has 1 aromatic rings. The van der Waals surface area contributed by atoms with Gasteiger partial charge in [0.05, 0.1) is 6.42 Å². The van der Waals surface area contributed by atoms with E-state index in [-0.39, 0.29) is 0 Å². The minimum atomic E-state index is -5.20. The molecule has 0 aliphatic rings. The van der Waals surface area contributed by atoms with Crippen LogP contribution in [0.4, 0.5) is 13.2 Å². The Kier molecular flexibility index (Phi) is 3.33. The van der Waals surface area contributed by atoms with E-state index in [4.69, 9.17) is 5.11 Å². The van der Waals surface area contributed by atoms with Crippen LogP contribution in [0.5, 0.6) is 5.75 Å². The van der Waals surface area contributed by atoms with Crippen LogP contribution >= 0.6 is 0 Å². The van der Waals surface area contributed by atoms with Gasteiger partial charge in [-0.05, 0) is 6.07 Å². The first-order valence-electron chi connectivity index (χ1n) is 4.48.